The highest BCUT2D eigenvalue weighted by molar-refractivity contribution is 6.35. The molecule has 276 valence electrons. The van der Waals surface area contributed by atoms with Gasteiger partial charge < -0.3 is 30.5 Å². The van der Waals surface area contributed by atoms with Gasteiger partial charge in [-0.2, -0.15) is 4.73 Å². The minimum absolute atomic E-state index is 0. The molecule has 1 atom stereocenters. The zero-order valence-corrected chi connectivity index (χ0v) is 30.0. The van der Waals surface area contributed by atoms with Crippen LogP contribution in [0.15, 0.2) is 54.9 Å². The predicted octanol–water partition coefficient (Wildman–Crippen LogP) is 7.33. The summed E-state index contributed by atoms with van der Waals surface area (Å²) in [6.45, 7) is 0.270. The number of alkyl halides is 2. The lowest BCUT2D eigenvalue weighted by Crippen LogP contribution is -2.40. The molecule has 1 heterocycles. The molecule has 3 aliphatic rings. The van der Waals surface area contributed by atoms with Gasteiger partial charge in [0.25, 0.3) is 5.91 Å². The van der Waals surface area contributed by atoms with Gasteiger partial charge in [0, 0.05) is 24.1 Å². The van der Waals surface area contributed by atoms with Crippen molar-refractivity contribution in [3.05, 3.63) is 92.4 Å². The lowest BCUT2D eigenvalue weighted by Gasteiger charge is -2.27. The predicted molar refractivity (Wildman–Crippen MR) is 188 cm³/mol. The van der Waals surface area contributed by atoms with E-state index in [0.717, 1.165) is 63.8 Å². The minimum Gasteiger partial charge on any atom is -0.619 e. The molecule has 6 rings (SSSR count). The second-order valence-electron chi connectivity index (χ2n) is 13.3. The molecular formula is C36H40Cl3F2N3O7. The van der Waals surface area contributed by atoms with Gasteiger partial charge in [-0.25, -0.2) is 4.79 Å². The van der Waals surface area contributed by atoms with Gasteiger partial charge in [0.05, 0.1) is 24.3 Å². The second-order valence-corrected chi connectivity index (χ2v) is 14.1. The average molecular weight is 771 g/mol. The van der Waals surface area contributed by atoms with Gasteiger partial charge >= 0.3 is 12.3 Å². The van der Waals surface area contributed by atoms with E-state index in [0.29, 0.717) is 22.8 Å². The van der Waals surface area contributed by atoms with Gasteiger partial charge in [0.2, 0.25) is 0 Å². The number of carbonyl (C=O) groups excluding carboxylic acids is 2. The maximum atomic E-state index is 14.5. The number of halogens is 5. The molecular weight excluding hydrogens is 731 g/mol. The molecule has 3 aromatic rings. The Morgan fingerprint density at radius 2 is 1.63 bits per heavy atom. The highest BCUT2D eigenvalue weighted by atomic mass is 35.5. The van der Waals surface area contributed by atoms with E-state index in [4.69, 9.17) is 43.1 Å². The van der Waals surface area contributed by atoms with Crippen molar-refractivity contribution in [3.63, 3.8) is 0 Å². The number of hydrogen-bond donors (Lipinski definition) is 2. The lowest BCUT2D eigenvalue weighted by molar-refractivity contribution is -0.605. The Morgan fingerprint density at radius 3 is 2.29 bits per heavy atom. The fraction of sp³-hybridized carbons (Fsp3) is 0.472. The van der Waals surface area contributed by atoms with Crippen molar-refractivity contribution in [2.75, 3.05) is 13.2 Å². The van der Waals surface area contributed by atoms with Crippen molar-refractivity contribution >= 4 is 47.5 Å². The molecule has 10 nitrogen and oxygen atoms in total. The number of pyridine rings is 1. The summed E-state index contributed by atoms with van der Waals surface area (Å²) >= 11 is 12.7. The number of esters is 1. The number of nitrogens with two attached hydrogens (primary N) is 1. The van der Waals surface area contributed by atoms with Gasteiger partial charge in [0.15, 0.2) is 12.4 Å². The normalized spacial score (nSPS) is 19.4. The maximum Gasteiger partial charge on any atom is 0.535 e. The van der Waals surface area contributed by atoms with Crippen molar-refractivity contribution in [1.82, 2.24) is 5.32 Å². The fourth-order valence-corrected chi connectivity index (χ4v) is 6.35. The molecule has 3 fully saturated rings. The van der Waals surface area contributed by atoms with Crippen molar-refractivity contribution in [2.24, 2.45) is 17.6 Å². The van der Waals surface area contributed by atoms with Crippen LogP contribution in [0, 0.1) is 17.0 Å². The van der Waals surface area contributed by atoms with Crippen LogP contribution >= 0.6 is 35.6 Å². The highest BCUT2D eigenvalue weighted by Gasteiger charge is 2.37. The van der Waals surface area contributed by atoms with Gasteiger partial charge in [-0.1, -0.05) is 35.3 Å². The third kappa shape index (κ3) is 11.0. The van der Waals surface area contributed by atoms with Crippen LogP contribution in [-0.4, -0.2) is 43.5 Å². The Balaban J connectivity index is 0.00000504. The molecule has 0 radical (unpaired) electrons. The van der Waals surface area contributed by atoms with Crippen LogP contribution in [0.2, 0.25) is 10.0 Å². The first-order valence-corrected chi connectivity index (χ1v) is 17.6. The molecule has 0 aliphatic heterocycles. The van der Waals surface area contributed by atoms with Crippen LogP contribution in [0.25, 0.3) is 0 Å². The lowest BCUT2D eigenvalue weighted by atomic mass is 9.91. The van der Waals surface area contributed by atoms with Crippen LogP contribution in [-0.2, 0) is 15.9 Å². The number of hydrogen-bond acceptors (Lipinski definition) is 8. The molecule has 0 bridgehead atoms. The SMILES string of the molecule is Cl.NC1CCC(NC(=O)c2ccc(C(=O)O[C@@H](Cc3c(Cl)c[n+]([O-])cc3Cl)c3cccc(OC(F)(F)OCC4CC4)c3)cc2OCC2CC2)CC1. The van der Waals surface area contributed by atoms with E-state index in [1.807, 2.05) is 0 Å². The number of nitrogens with zero attached hydrogens (tertiary/aromatic N) is 1. The van der Waals surface area contributed by atoms with Crippen LogP contribution in [0.1, 0.15) is 89.3 Å². The van der Waals surface area contributed by atoms with Crippen molar-refractivity contribution in [2.45, 2.75) is 82.3 Å². The van der Waals surface area contributed by atoms with Gasteiger partial charge in [0.1, 0.15) is 27.6 Å². The number of amides is 1. The number of carbonyl (C=O) groups is 2. The number of ether oxygens (including phenoxy) is 4. The first kappa shape index (κ1) is 38.8. The third-order valence-electron chi connectivity index (χ3n) is 9.09. The topological polar surface area (TPSA) is 136 Å². The number of benzene rings is 2. The summed E-state index contributed by atoms with van der Waals surface area (Å²) in [7, 11) is 0. The molecule has 0 unspecified atom stereocenters. The molecule has 3 aliphatic carbocycles. The van der Waals surface area contributed by atoms with Crippen molar-refractivity contribution in [3.8, 4) is 11.5 Å². The monoisotopic (exact) mass is 769 g/mol. The van der Waals surface area contributed by atoms with Crippen LogP contribution in [0.3, 0.4) is 0 Å². The summed E-state index contributed by atoms with van der Waals surface area (Å²) < 4.78 is 51.0. The Labute approximate surface area is 310 Å². The van der Waals surface area contributed by atoms with E-state index >= 15 is 0 Å². The number of aromatic nitrogens is 1. The molecule has 0 saturated heterocycles. The Kier molecular flexibility index (Phi) is 12.9. The number of rotatable bonds is 15. The average Bonchev–Trinajstić information content (AvgIpc) is 4.01. The zero-order valence-electron chi connectivity index (χ0n) is 27.7. The molecule has 0 spiro atoms. The van der Waals surface area contributed by atoms with E-state index in [1.165, 1.54) is 36.4 Å². The molecule has 2 aromatic carbocycles. The molecule has 1 amide bonds. The Hall–Kier alpha value is -3.42. The van der Waals surface area contributed by atoms with E-state index in [2.05, 4.69) is 10.1 Å². The number of nitrogens with one attached hydrogen (secondary N) is 1. The first-order chi connectivity index (χ1) is 23.9. The molecule has 51 heavy (non-hydrogen) atoms. The Bertz CT molecular complexity index is 1680. The van der Waals surface area contributed by atoms with Gasteiger partial charge in [-0.3, -0.25) is 9.53 Å². The van der Waals surface area contributed by atoms with E-state index in [1.54, 1.807) is 6.07 Å². The summed E-state index contributed by atoms with van der Waals surface area (Å²) in [6, 6.07) is 10.3. The largest absolute Gasteiger partial charge is 0.619 e. The quantitative estimate of drug-likeness (QED) is 0.0710. The smallest absolute Gasteiger partial charge is 0.535 e. The standard InChI is InChI=1S/C36H39Cl2F2N3O7.ClH/c37-30-17-43(46)18-31(38)29(30)16-32(23-2-1-3-27(14-23)50-36(39,40)48-20-22-6-7-22)49-35(45)24-8-13-28(33(15-24)47-19-21-4-5-21)34(44)42-26-11-9-25(41)10-12-26;/h1-3,8,13-15,17-18,21-22,25-26,32H,4-7,9-12,16,19-20,41H2,(H,42,44);1H/t25?,26?,32-;/m0./s1. The van der Waals surface area contributed by atoms with E-state index in [9.17, 15) is 23.6 Å². The summed E-state index contributed by atoms with van der Waals surface area (Å²) in [5, 5.41) is 15.0. The maximum absolute atomic E-state index is 14.5. The third-order valence-corrected chi connectivity index (χ3v) is 9.74. The summed E-state index contributed by atoms with van der Waals surface area (Å²) in [4.78, 5) is 27.1. The molecule has 1 aromatic heterocycles. The summed E-state index contributed by atoms with van der Waals surface area (Å²) in [5.41, 5.74) is 6.99. The summed E-state index contributed by atoms with van der Waals surface area (Å²) in [5.74, 6) is -0.616. The first-order valence-electron chi connectivity index (χ1n) is 16.8. The van der Waals surface area contributed by atoms with Gasteiger partial charge in [-0.15, -0.1) is 21.2 Å². The molecule has 15 heteroatoms. The molecule has 3 N–H and O–H groups in total. The Morgan fingerprint density at radius 1 is 0.961 bits per heavy atom. The minimum atomic E-state index is -3.88. The van der Waals surface area contributed by atoms with Gasteiger partial charge in [-0.05, 0) is 99.1 Å². The van der Waals surface area contributed by atoms with Crippen molar-refractivity contribution < 1.29 is 42.0 Å². The van der Waals surface area contributed by atoms with Crippen molar-refractivity contribution in [1.29, 1.82) is 0 Å². The van der Waals surface area contributed by atoms with Crippen LogP contribution < -0.4 is 25.3 Å². The highest BCUT2D eigenvalue weighted by Crippen LogP contribution is 2.36. The summed E-state index contributed by atoms with van der Waals surface area (Å²) in [6.07, 6.45) is 3.99. The molecule has 3 saturated carbocycles. The van der Waals surface area contributed by atoms with Crippen LogP contribution in [0.5, 0.6) is 11.5 Å². The van der Waals surface area contributed by atoms with Crippen LogP contribution in [0.4, 0.5) is 8.78 Å². The fourth-order valence-electron chi connectivity index (χ4n) is 5.76. The second kappa shape index (κ2) is 16.9. The van der Waals surface area contributed by atoms with E-state index < -0.39 is 18.4 Å². The zero-order chi connectivity index (χ0) is 35.4. The van der Waals surface area contributed by atoms with E-state index in [-0.39, 0.29) is 87.6 Å².